The lowest BCUT2D eigenvalue weighted by atomic mass is 9.96. The van der Waals surface area contributed by atoms with Crippen molar-refractivity contribution >= 4 is 42.5 Å². The second-order valence-corrected chi connectivity index (χ2v) is 7.17. The topological polar surface area (TPSA) is 35.6 Å². The first-order chi connectivity index (χ1) is 9.15. The van der Waals surface area contributed by atoms with Gasteiger partial charge in [-0.05, 0) is 32.9 Å². The lowest BCUT2D eigenvalue weighted by Crippen LogP contribution is -2.45. The Morgan fingerprint density at radius 1 is 1.29 bits per heavy atom. The van der Waals surface area contributed by atoms with Crippen LogP contribution >= 0.6 is 36.6 Å². The molecule has 2 aliphatic rings. The standard InChI is InChI=1S/C14H27N3OS.2ClH/c1-16(2)10-12-3-6-17(7-4-12)14(18)9-13-11-19-8-5-15-13;;/h12-13,15H,3-11H2,1-2H3;2*1H. The van der Waals surface area contributed by atoms with Crippen molar-refractivity contribution in [2.24, 2.45) is 5.92 Å². The smallest absolute Gasteiger partial charge is 0.224 e. The zero-order valence-electron chi connectivity index (χ0n) is 13.0. The molecule has 21 heavy (non-hydrogen) atoms. The zero-order chi connectivity index (χ0) is 13.7. The van der Waals surface area contributed by atoms with Crippen molar-refractivity contribution in [3.63, 3.8) is 0 Å². The monoisotopic (exact) mass is 357 g/mol. The number of nitrogens with zero attached hydrogens (tertiary/aromatic N) is 2. The van der Waals surface area contributed by atoms with E-state index in [9.17, 15) is 4.79 Å². The van der Waals surface area contributed by atoms with Crippen LogP contribution in [0.15, 0.2) is 0 Å². The Bertz CT molecular complexity index is 294. The maximum Gasteiger partial charge on any atom is 0.224 e. The molecule has 1 unspecified atom stereocenters. The third-order valence-electron chi connectivity index (χ3n) is 4.01. The van der Waals surface area contributed by atoms with Crippen molar-refractivity contribution in [2.45, 2.75) is 25.3 Å². The third kappa shape index (κ3) is 7.42. The molecular formula is C14H29Cl2N3OS. The van der Waals surface area contributed by atoms with Crippen molar-refractivity contribution in [1.82, 2.24) is 15.1 Å². The molecule has 2 saturated heterocycles. The number of thioether (sulfide) groups is 1. The number of halogens is 2. The summed E-state index contributed by atoms with van der Waals surface area (Å²) in [5.41, 5.74) is 0. The van der Waals surface area contributed by atoms with Gasteiger partial charge in [-0.2, -0.15) is 11.8 Å². The minimum Gasteiger partial charge on any atom is -0.343 e. The van der Waals surface area contributed by atoms with Gasteiger partial charge in [-0.3, -0.25) is 4.79 Å². The van der Waals surface area contributed by atoms with Crippen molar-refractivity contribution < 1.29 is 4.79 Å². The zero-order valence-corrected chi connectivity index (χ0v) is 15.5. The van der Waals surface area contributed by atoms with Crippen LogP contribution in [0.2, 0.25) is 0 Å². The molecule has 126 valence electrons. The Morgan fingerprint density at radius 3 is 2.48 bits per heavy atom. The number of nitrogens with one attached hydrogen (secondary N) is 1. The first-order valence-electron chi connectivity index (χ1n) is 7.39. The van der Waals surface area contributed by atoms with Gasteiger partial charge in [0.25, 0.3) is 0 Å². The second-order valence-electron chi connectivity index (χ2n) is 6.02. The summed E-state index contributed by atoms with van der Waals surface area (Å²) in [5, 5.41) is 3.45. The molecule has 2 aliphatic heterocycles. The summed E-state index contributed by atoms with van der Waals surface area (Å²) >= 11 is 1.96. The number of hydrogen-bond donors (Lipinski definition) is 1. The molecule has 0 aromatic rings. The number of rotatable bonds is 4. The van der Waals surface area contributed by atoms with Gasteiger partial charge in [-0.1, -0.05) is 0 Å². The third-order valence-corrected chi connectivity index (χ3v) is 5.14. The minimum absolute atomic E-state index is 0. The molecule has 2 heterocycles. The van der Waals surface area contributed by atoms with E-state index in [2.05, 4.69) is 29.2 Å². The summed E-state index contributed by atoms with van der Waals surface area (Å²) in [7, 11) is 4.26. The molecule has 7 heteroatoms. The number of carbonyl (C=O) groups is 1. The highest BCUT2D eigenvalue weighted by Crippen LogP contribution is 2.19. The Morgan fingerprint density at radius 2 is 1.95 bits per heavy atom. The van der Waals surface area contributed by atoms with Crippen LogP contribution in [0.3, 0.4) is 0 Å². The number of piperidine rings is 1. The van der Waals surface area contributed by atoms with Gasteiger partial charge in [0.1, 0.15) is 0 Å². The minimum atomic E-state index is 0. The van der Waals surface area contributed by atoms with Crippen molar-refractivity contribution in [1.29, 1.82) is 0 Å². The lowest BCUT2D eigenvalue weighted by molar-refractivity contribution is -0.133. The van der Waals surface area contributed by atoms with Crippen LogP contribution in [0.1, 0.15) is 19.3 Å². The summed E-state index contributed by atoms with van der Waals surface area (Å²) in [5.74, 6) is 3.38. The summed E-state index contributed by atoms with van der Waals surface area (Å²) in [6.07, 6.45) is 3.01. The average Bonchev–Trinajstić information content (AvgIpc) is 2.40. The SMILES string of the molecule is CN(C)CC1CCN(C(=O)CC2CSCCN2)CC1.Cl.Cl. The molecule has 4 nitrogen and oxygen atoms in total. The fourth-order valence-electron chi connectivity index (χ4n) is 2.97. The summed E-state index contributed by atoms with van der Waals surface area (Å²) in [6.45, 7) is 4.12. The lowest BCUT2D eigenvalue weighted by Gasteiger charge is -2.34. The summed E-state index contributed by atoms with van der Waals surface area (Å²) in [4.78, 5) is 16.6. The van der Waals surface area contributed by atoms with Crippen molar-refractivity contribution in [3.8, 4) is 0 Å². The van der Waals surface area contributed by atoms with Crippen molar-refractivity contribution in [3.05, 3.63) is 0 Å². The van der Waals surface area contributed by atoms with E-state index in [0.29, 0.717) is 18.4 Å². The normalized spacial score (nSPS) is 23.4. The maximum atomic E-state index is 12.3. The Labute approximate surface area is 145 Å². The van der Waals surface area contributed by atoms with Crippen LogP contribution in [0, 0.1) is 5.92 Å². The number of carbonyl (C=O) groups excluding carboxylic acids is 1. The number of amides is 1. The van der Waals surface area contributed by atoms with Crippen LogP contribution in [0.5, 0.6) is 0 Å². The Balaban J connectivity index is 0.00000200. The van der Waals surface area contributed by atoms with Gasteiger partial charge in [-0.25, -0.2) is 0 Å². The van der Waals surface area contributed by atoms with Crippen LogP contribution in [-0.4, -0.2) is 73.5 Å². The second kappa shape index (κ2) is 10.9. The van der Waals surface area contributed by atoms with E-state index in [1.165, 1.54) is 5.75 Å². The van der Waals surface area contributed by atoms with Gasteiger partial charge in [0, 0.05) is 50.1 Å². The molecule has 0 bridgehead atoms. The molecule has 0 aromatic carbocycles. The van der Waals surface area contributed by atoms with Gasteiger partial charge in [0.05, 0.1) is 0 Å². The van der Waals surface area contributed by atoms with E-state index in [-0.39, 0.29) is 24.8 Å². The van der Waals surface area contributed by atoms with Crippen LogP contribution in [0.25, 0.3) is 0 Å². The quantitative estimate of drug-likeness (QED) is 0.830. The van der Waals surface area contributed by atoms with E-state index in [4.69, 9.17) is 0 Å². The van der Waals surface area contributed by atoms with E-state index >= 15 is 0 Å². The molecule has 0 saturated carbocycles. The predicted octanol–water partition coefficient (Wildman–Crippen LogP) is 1.73. The highest BCUT2D eigenvalue weighted by atomic mass is 35.5. The Kier molecular flexibility index (Phi) is 11.1. The van der Waals surface area contributed by atoms with Gasteiger partial charge >= 0.3 is 0 Å². The van der Waals surface area contributed by atoms with E-state index < -0.39 is 0 Å². The fourth-order valence-corrected chi connectivity index (χ4v) is 3.92. The largest absolute Gasteiger partial charge is 0.343 e. The summed E-state index contributed by atoms with van der Waals surface area (Å²) in [6, 6.07) is 0.394. The molecule has 1 amide bonds. The van der Waals surface area contributed by atoms with Crippen LogP contribution < -0.4 is 5.32 Å². The average molecular weight is 358 g/mol. The highest BCUT2D eigenvalue weighted by molar-refractivity contribution is 7.99. The first-order valence-corrected chi connectivity index (χ1v) is 8.54. The predicted molar refractivity (Wildman–Crippen MR) is 96.1 cm³/mol. The molecular weight excluding hydrogens is 329 g/mol. The molecule has 0 radical (unpaired) electrons. The van der Waals surface area contributed by atoms with Gasteiger partial charge < -0.3 is 15.1 Å². The molecule has 1 atom stereocenters. The summed E-state index contributed by atoms with van der Waals surface area (Å²) < 4.78 is 0. The fraction of sp³-hybridized carbons (Fsp3) is 0.929. The van der Waals surface area contributed by atoms with Gasteiger partial charge in [0.15, 0.2) is 0 Å². The molecule has 0 aliphatic carbocycles. The van der Waals surface area contributed by atoms with Gasteiger partial charge in [-0.15, -0.1) is 24.8 Å². The highest BCUT2D eigenvalue weighted by Gasteiger charge is 2.25. The van der Waals surface area contributed by atoms with Crippen LogP contribution in [0.4, 0.5) is 0 Å². The molecule has 2 fully saturated rings. The molecule has 2 rings (SSSR count). The maximum absolute atomic E-state index is 12.3. The van der Waals surface area contributed by atoms with Crippen LogP contribution in [-0.2, 0) is 4.79 Å². The number of likely N-dealkylation sites (tertiary alicyclic amines) is 1. The number of hydrogen-bond acceptors (Lipinski definition) is 4. The molecule has 1 N–H and O–H groups in total. The molecule has 0 aromatic heterocycles. The molecule has 0 spiro atoms. The van der Waals surface area contributed by atoms with E-state index in [1.54, 1.807) is 0 Å². The van der Waals surface area contributed by atoms with Gasteiger partial charge in [0.2, 0.25) is 5.91 Å². The Hall–Kier alpha value is 0.320. The van der Waals surface area contributed by atoms with E-state index in [0.717, 1.165) is 50.7 Å². The van der Waals surface area contributed by atoms with E-state index in [1.807, 2.05) is 11.8 Å². The van der Waals surface area contributed by atoms with Crippen molar-refractivity contribution in [2.75, 3.05) is 51.8 Å². The first kappa shape index (κ1) is 21.3.